The van der Waals surface area contributed by atoms with Crippen LogP contribution in [0.5, 0.6) is 0 Å². The van der Waals surface area contributed by atoms with Gasteiger partial charge in [-0.15, -0.1) is 0 Å². The van der Waals surface area contributed by atoms with Crippen LogP contribution in [0.2, 0.25) is 0 Å². The van der Waals surface area contributed by atoms with E-state index in [0.29, 0.717) is 18.7 Å². The first kappa shape index (κ1) is 17.7. The number of pyridine rings is 1. The van der Waals surface area contributed by atoms with E-state index in [0.717, 1.165) is 24.3 Å². The minimum Gasteiger partial charge on any atom is -0.368 e. The van der Waals surface area contributed by atoms with Crippen molar-refractivity contribution in [3.8, 4) is 0 Å². The summed E-state index contributed by atoms with van der Waals surface area (Å²) in [6, 6.07) is 11.1. The Morgan fingerprint density at radius 3 is 2.27 bits per heavy atom. The summed E-state index contributed by atoms with van der Waals surface area (Å²) in [6.07, 6.45) is 6.94. The summed E-state index contributed by atoms with van der Waals surface area (Å²) in [7, 11) is 1.60. The molecule has 6 heteroatoms. The van der Waals surface area contributed by atoms with Crippen molar-refractivity contribution >= 4 is 23.6 Å². The van der Waals surface area contributed by atoms with Crippen molar-refractivity contribution in [1.82, 2.24) is 15.2 Å². The van der Waals surface area contributed by atoms with Crippen LogP contribution in [0.15, 0.2) is 54.9 Å². The number of aromatic nitrogens is 1. The molecule has 1 aliphatic heterocycles. The van der Waals surface area contributed by atoms with Crippen LogP contribution in [0.1, 0.15) is 15.9 Å². The Hall–Kier alpha value is -3.15. The van der Waals surface area contributed by atoms with Gasteiger partial charge in [0.25, 0.3) is 5.91 Å². The van der Waals surface area contributed by atoms with Crippen LogP contribution in [-0.4, -0.2) is 54.9 Å². The van der Waals surface area contributed by atoms with Crippen LogP contribution in [-0.2, 0) is 4.79 Å². The van der Waals surface area contributed by atoms with Crippen molar-refractivity contribution in [3.05, 3.63) is 66.0 Å². The number of amides is 2. The molecule has 3 rings (SSSR count). The van der Waals surface area contributed by atoms with Gasteiger partial charge in [-0.2, -0.15) is 0 Å². The highest BCUT2D eigenvalue weighted by Gasteiger charge is 2.19. The van der Waals surface area contributed by atoms with Gasteiger partial charge in [0.05, 0.1) is 0 Å². The maximum atomic E-state index is 12.4. The van der Waals surface area contributed by atoms with Gasteiger partial charge in [0.15, 0.2) is 0 Å². The molecule has 1 fully saturated rings. The fraction of sp³-hybridized carbons (Fsp3) is 0.250. The lowest BCUT2D eigenvalue weighted by Gasteiger charge is -2.35. The molecule has 6 nitrogen and oxygen atoms in total. The Kier molecular flexibility index (Phi) is 5.63. The topological polar surface area (TPSA) is 65.5 Å². The summed E-state index contributed by atoms with van der Waals surface area (Å²) in [6.45, 7) is 3.01. The summed E-state index contributed by atoms with van der Waals surface area (Å²) >= 11 is 0. The standard InChI is InChI=1S/C20H22N4O2/c1-21-20(26)17-5-2-16(3-6-17)4-7-19(25)24-14-12-23(13-15-24)18-8-10-22-11-9-18/h2-11H,12-15H2,1H3,(H,21,26)/b7-4+. The predicted molar refractivity (Wildman–Crippen MR) is 102 cm³/mol. The molecule has 0 atom stereocenters. The molecule has 0 spiro atoms. The van der Waals surface area contributed by atoms with Crippen molar-refractivity contribution in [2.24, 2.45) is 0 Å². The number of nitrogens with zero attached hydrogens (tertiary/aromatic N) is 3. The number of nitrogens with one attached hydrogen (secondary N) is 1. The quantitative estimate of drug-likeness (QED) is 0.854. The zero-order chi connectivity index (χ0) is 18.4. The van der Waals surface area contributed by atoms with Crippen LogP contribution in [0.25, 0.3) is 6.08 Å². The number of rotatable bonds is 4. The Balaban J connectivity index is 1.54. The molecule has 0 unspecified atom stereocenters. The summed E-state index contributed by atoms with van der Waals surface area (Å²) in [5, 5.41) is 2.58. The van der Waals surface area contributed by atoms with Gasteiger partial charge in [-0.05, 0) is 35.9 Å². The van der Waals surface area contributed by atoms with Gasteiger partial charge in [-0.25, -0.2) is 0 Å². The molecule has 0 aliphatic carbocycles. The number of hydrogen-bond donors (Lipinski definition) is 1. The van der Waals surface area contributed by atoms with Crippen LogP contribution < -0.4 is 10.2 Å². The van der Waals surface area contributed by atoms with Crippen molar-refractivity contribution in [2.75, 3.05) is 38.1 Å². The molecule has 1 aromatic heterocycles. The van der Waals surface area contributed by atoms with Gasteiger partial charge in [-0.1, -0.05) is 12.1 Å². The molecular formula is C20H22N4O2. The molecule has 0 saturated carbocycles. The van der Waals surface area contributed by atoms with Gasteiger partial charge >= 0.3 is 0 Å². The molecule has 2 amide bonds. The second-order valence-corrected chi connectivity index (χ2v) is 6.05. The second kappa shape index (κ2) is 8.29. The molecule has 1 saturated heterocycles. The van der Waals surface area contributed by atoms with E-state index >= 15 is 0 Å². The summed E-state index contributed by atoms with van der Waals surface area (Å²) in [5.41, 5.74) is 2.63. The van der Waals surface area contributed by atoms with E-state index < -0.39 is 0 Å². The average molecular weight is 350 g/mol. The van der Waals surface area contributed by atoms with Gasteiger partial charge in [0.2, 0.25) is 5.91 Å². The first-order valence-electron chi connectivity index (χ1n) is 8.61. The summed E-state index contributed by atoms with van der Waals surface area (Å²) in [5.74, 6) is -0.113. The lowest BCUT2D eigenvalue weighted by molar-refractivity contribution is -0.126. The van der Waals surface area contributed by atoms with E-state index in [1.54, 1.807) is 43.7 Å². The minimum absolute atomic E-state index is 0.00903. The molecule has 26 heavy (non-hydrogen) atoms. The molecule has 1 N–H and O–H groups in total. The van der Waals surface area contributed by atoms with Crippen LogP contribution >= 0.6 is 0 Å². The smallest absolute Gasteiger partial charge is 0.251 e. The molecule has 1 aromatic carbocycles. The average Bonchev–Trinajstić information content (AvgIpc) is 2.72. The maximum Gasteiger partial charge on any atom is 0.251 e. The summed E-state index contributed by atoms with van der Waals surface area (Å²) < 4.78 is 0. The number of benzene rings is 1. The van der Waals surface area contributed by atoms with Crippen molar-refractivity contribution in [2.45, 2.75) is 0 Å². The lowest BCUT2D eigenvalue weighted by Crippen LogP contribution is -2.48. The highest BCUT2D eigenvalue weighted by atomic mass is 16.2. The minimum atomic E-state index is -0.122. The van der Waals surface area contributed by atoms with Crippen LogP contribution in [0.3, 0.4) is 0 Å². The molecular weight excluding hydrogens is 328 g/mol. The fourth-order valence-electron chi connectivity index (χ4n) is 2.90. The second-order valence-electron chi connectivity index (χ2n) is 6.05. The monoisotopic (exact) mass is 350 g/mol. The van der Waals surface area contributed by atoms with Crippen molar-refractivity contribution < 1.29 is 9.59 Å². The first-order valence-corrected chi connectivity index (χ1v) is 8.61. The Morgan fingerprint density at radius 1 is 1.00 bits per heavy atom. The van der Waals surface area contributed by atoms with Crippen molar-refractivity contribution in [3.63, 3.8) is 0 Å². The Labute approximate surface area is 153 Å². The molecule has 1 aliphatic rings. The predicted octanol–water partition coefficient (Wildman–Crippen LogP) is 1.80. The van der Waals surface area contributed by atoms with E-state index in [1.807, 2.05) is 29.2 Å². The van der Waals surface area contributed by atoms with E-state index in [9.17, 15) is 9.59 Å². The van der Waals surface area contributed by atoms with Crippen molar-refractivity contribution in [1.29, 1.82) is 0 Å². The maximum absolute atomic E-state index is 12.4. The number of hydrogen-bond acceptors (Lipinski definition) is 4. The number of piperazine rings is 1. The van der Waals surface area contributed by atoms with Gasteiger partial charge in [0, 0.05) is 62.9 Å². The van der Waals surface area contributed by atoms with Gasteiger partial charge < -0.3 is 15.1 Å². The lowest BCUT2D eigenvalue weighted by atomic mass is 10.1. The summed E-state index contributed by atoms with van der Waals surface area (Å²) in [4.78, 5) is 32.1. The third-order valence-electron chi connectivity index (χ3n) is 4.44. The highest BCUT2D eigenvalue weighted by molar-refractivity contribution is 5.94. The number of carbonyl (C=O) groups excluding carboxylic acids is 2. The van der Waals surface area contributed by atoms with Gasteiger partial charge in [-0.3, -0.25) is 14.6 Å². The zero-order valence-corrected chi connectivity index (χ0v) is 14.8. The molecule has 0 bridgehead atoms. The van der Waals surface area contributed by atoms with E-state index in [-0.39, 0.29) is 11.8 Å². The molecule has 134 valence electrons. The van der Waals surface area contributed by atoms with Crippen LogP contribution in [0.4, 0.5) is 5.69 Å². The zero-order valence-electron chi connectivity index (χ0n) is 14.8. The molecule has 2 heterocycles. The first-order chi connectivity index (χ1) is 12.7. The Bertz CT molecular complexity index is 779. The highest BCUT2D eigenvalue weighted by Crippen LogP contribution is 2.15. The van der Waals surface area contributed by atoms with Gasteiger partial charge in [0.1, 0.15) is 0 Å². The third-order valence-corrected chi connectivity index (χ3v) is 4.44. The normalized spacial score (nSPS) is 14.5. The molecule has 0 radical (unpaired) electrons. The largest absolute Gasteiger partial charge is 0.368 e. The third kappa shape index (κ3) is 4.27. The Morgan fingerprint density at radius 2 is 1.65 bits per heavy atom. The van der Waals surface area contributed by atoms with E-state index in [1.165, 1.54) is 0 Å². The van der Waals surface area contributed by atoms with E-state index in [2.05, 4.69) is 15.2 Å². The SMILES string of the molecule is CNC(=O)c1ccc(/C=C/C(=O)N2CCN(c3ccncc3)CC2)cc1. The fourth-order valence-corrected chi connectivity index (χ4v) is 2.90. The number of anilines is 1. The number of carbonyl (C=O) groups is 2. The van der Waals surface area contributed by atoms with Crippen LogP contribution in [0, 0.1) is 0 Å². The molecule has 2 aromatic rings. The van der Waals surface area contributed by atoms with E-state index in [4.69, 9.17) is 0 Å².